The zero-order valence-electron chi connectivity index (χ0n) is 12.5. The molecule has 2 heteroatoms. The third-order valence-electron chi connectivity index (χ3n) is 2.39. The van der Waals surface area contributed by atoms with Crippen LogP contribution in [0.2, 0.25) is 0 Å². The van der Waals surface area contributed by atoms with Gasteiger partial charge in [0.2, 0.25) is 0 Å². The van der Waals surface area contributed by atoms with Gasteiger partial charge < -0.3 is 4.90 Å². The lowest BCUT2D eigenvalue weighted by Crippen LogP contribution is -2.40. The minimum absolute atomic E-state index is 0.313. The van der Waals surface area contributed by atoms with Crippen LogP contribution in [0.4, 0.5) is 0 Å². The normalized spacial score (nSPS) is 15.5. The monoisotopic (exact) mass is 226 g/mol. The number of hydrogen-bond donors (Lipinski definition) is 0. The minimum Gasteiger partial charge on any atom is -0.360 e. The van der Waals surface area contributed by atoms with Crippen LogP contribution in [0.3, 0.4) is 0 Å². The van der Waals surface area contributed by atoms with Crippen molar-refractivity contribution in [3.05, 3.63) is 0 Å². The maximum atomic E-state index is 4.17. The van der Waals surface area contributed by atoms with Gasteiger partial charge in [-0.2, -0.15) is 0 Å². The van der Waals surface area contributed by atoms with E-state index in [1.54, 1.807) is 0 Å². The summed E-state index contributed by atoms with van der Waals surface area (Å²) in [5.41, 5.74) is 0.685. The molecule has 0 heterocycles. The van der Waals surface area contributed by atoms with E-state index in [1.807, 2.05) is 13.4 Å². The van der Waals surface area contributed by atoms with Crippen molar-refractivity contribution in [2.24, 2.45) is 15.8 Å². The van der Waals surface area contributed by atoms with Gasteiger partial charge in [-0.25, -0.2) is 0 Å². The lowest BCUT2D eigenvalue weighted by Gasteiger charge is -2.36. The van der Waals surface area contributed by atoms with Crippen LogP contribution in [0.1, 0.15) is 54.9 Å². The van der Waals surface area contributed by atoms with Crippen LogP contribution in [-0.4, -0.2) is 30.9 Å². The van der Waals surface area contributed by atoms with Crippen molar-refractivity contribution in [3.63, 3.8) is 0 Å². The molecule has 2 nitrogen and oxygen atoms in total. The molecule has 0 amide bonds. The Morgan fingerprint density at radius 2 is 1.56 bits per heavy atom. The van der Waals surface area contributed by atoms with E-state index in [4.69, 9.17) is 0 Å². The molecule has 0 N–H and O–H groups in total. The van der Waals surface area contributed by atoms with Crippen molar-refractivity contribution in [1.29, 1.82) is 0 Å². The van der Waals surface area contributed by atoms with E-state index >= 15 is 0 Å². The second-order valence-corrected chi connectivity index (χ2v) is 7.22. The first kappa shape index (κ1) is 15.5. The smallest absolute Gasteiger partial charge is 0.0848 e. The number of aliphatic imine (C=N–C) groups is 1. The summed E-state index contributed by atoms with van der Waals surface area (Å²) in [6.07, 6.45) is 3.18. The zero-order valence-corrected chi connectivity index (χ0v) is 12.5. The van der Waals surface area contributed by atoms with Crippen LogP contribution in [0.25, 0.3) is 0 Å². The van der Waals surface area contributed by atoms with Crippen LogP contribution in [0.15, 0.2) is 4.99 Å². The van der Waals surface area contributed by atoms with E-state index in [9.17, 15) is 0 Å². The Morgan fingerprint density at radius 1 is 1.06 bits per heavy atom. The average Bonchev–Trinajstić information content (AvgIpc) is 1.97. The predicted molar refractivity (Wildman–Crippen MR) is 74.1 cm³/mol. The Balaban J connectivity index is 4.54. The van der Waals surface area contributed by atoms with Gasteiger partial charge in [0.15, 0.2) is 0 Å². The molecule has 0 aromatic rings. The molecule has 0 radical (unpaired) electrons. The van der Waals surface area contributed by atoms with Gasteiger partial charge in [0.05, 0.1) is 6.34 Å². The molecule has 0 bridgehead atoms. The number of hydrogen-bond acceptors (Lipinski definition) is 1. The molecule has 0 aromatic heterocycles. The predicted octanol–water partition coefficient (Wildman–Crippen LogP) is 3.82. The topological polar surface area (TPSA) is 15.6 Å². The summed E-state index contributed by atoms with van der Waals surface area (Å²) >= 11 is 0. The Kier molecular flexibility index (Phi) is 5.51. The standard InChI is InChI=1S/C14H30N2/c1-12(9-13(2,3)4)16(11-15-8)10-14(5,6)7/h11-12H,9-10H2,1-8H3. The summed E-state index contributed by atoms with van der Waals surface area (Å²) in [6.45, 7) is 17.0. The van der Waals surface area contributed by atoms with E-state index in [0.29, 0.717) is 16.9 Å². The maximum absolute atomic E-state index is 4.17. The molecule has 0 fully saturated rings. The van der Waals surface area contributed by atoms with Crippen molar-refractivity contribution in [3.8, 4) is 0 Å². The summed E-state index contributed by atoms with van der Waals surface area (Å²) in [4.78, 5) is 6.54. The molecular formula is C14H30N2. The molecule has 0 saturated carbocycles. The van der Waals surface area contributed by atoms with E-state index in [1.165, 1.54) is 6.42 Å². The fourth-order valence-corrected chi connectivity index (χ4v) is 2.01. The fourth-order valence-electron chi connectivity index (χ4n) is 2.01. The van der Waals surface area contributed by atoms with Crippen molar-refractivity contribution in [1.82, 2.24) is 4.90 Å². The van der Waals surface area contributed by atoms with Crippen molar-refractivity contribution >= 4 is 6.34 Å². The summed E-state index contributed by atoms with van der Waals surface area (Å²) in [5.74, 6) is 0. The Labute approximate surface area is 102 Å². The van der Waals surface area contributed by atoms with Crippen LogP contribution in [0, 0.1) is 10.8 Å². The van der Waals surface area contributed by atoms with Gasteiger partial charge in [-0.3, -0.25) is 4.99 Å². The van der Waals surface area contributed by atoms with Gasteiger partial charge in [-0.1, -0.05) is 41.5 Å². The second-order valence-electron chi connectivity index (χ2n) is 7.22. The highest BCUT2D eigenvalue weighted by molar-refractivity contribution is 5.55. The van der Waals surface area contributed by atoms with Crippen LogP contribution >= 0.6 is 0 Å². The molecule has 1 atom stereocenters. The first-order chi connectivity index (χ1) is 7.05. The van der Waals surface area contributed by atoms with Crippen LogP contribution < -0.4 is 0 Å². The Morgan fingerprint density at radius 3 is 1.88 bits per heavy atom. The molecule has 0 aliphatic heterocycles. The number of rotatable bonds is 4. The van der Waals surface area contributed by atoms with Gasteiger partial charge in [0, 0.05) is 19.6 Å². The number of nitrogens with zero attached hydrogens (tertiary/aromatic N) is 2. The summed E-state index contributed by atoms with van der Waals surface area (Å²) in [5, 5.41) is 0. The highest BCUT2D eigenvalue weighted by Gasteiger charge is 2.22. The first-order valence-electron chi connectivity index (χ1n) is 6.23. The van der Waals surface area contributed by atoms with E-state index in [-0.39, 0.29) is 0 Å². The van der Waals surface area contributed by atoms with Gasteiger partial charge in [0.1, 0.15) is 0 Å². The maximum Gasteiger partial charge on any atom is 0.0848 e. The van der Waals surface area contributed by atoms with Crippen LogP contribution in [-0.2, 0) is 0 Å². The molecule has 0 aliphatic carbocycles. The third kappa shape index (κ3) is 7.72. The minimum atomic E-state index is 0.313. The highest BCUT2D eigenvalue weighted by Crippen LogP contribution is 2.25. The summed E-state index contributed by atoms with van der Waals surface area (Å²) in [6, 6.07) is 0.544. The molecular weight excluding hydrogens is 196 g/mol. The van der Waals surface area contributed by atoms with Crippen molar-refractivity contribution in [2.75, 3.05) is 13.6 Å². The van der Waals surface area contributed by atoms with Gasteiger partial charge in [-0.05, 0) is 24.2 Å². The zero-order chi connectivity index (χ0) is 13.0. The summed E-state index contributed by atoms with van der Waals surface area (Å²) in [7, 11) is 1.85. The SMILES string of the molecule is CN=CN(CC(C)(C)C)C(C)CC(C)(C)C. The average molecular weight is 226 g/mol. The molecule has 0 spiro atoms. The quantitative estimate of drug-likeness (QED) is 0.525. The van der Waals surface area contributed by atoms with E-state index in [2.05, 4.69) is 58.4 Å². The molecule has 16 heavy (non-hydrogen) atoms. The second kappa shape index (κ2) is 5.70. The molecule has 0 aliphatic rings. The van der Waals surface area contributed by atoms with Gasteiger partial charge in [-0.15, -0.1) is 0 Å². The molecule has 0 aromatic carbocycles. The van der Waals surface area contributed by atoms with E-state index < -0.39 is 0 Å². The molecule has 0 rings (SSSR count). The summed E-state index contributed by atoms with van der Waals surface area (Å²) < 4.78 is 0. The molecule has 1 unspecified atom stereocenters. The first-order valence-corrected chi connectivity index (χ1v) is 6.23. The van der Waals surface area contributed by atoms with Crippen LogP contribution in [0.5, 0.6) is 0 Å². The van der Waals surface area contributed by atoms with Gasteiger partial charge in [0.25, 0.3) is 0 Å². The molecule has 0 saturated heterocycles. The lowest BCUT2D eigenvalue weighted by molar-refractivity contribution is 0.192. The van der Waals surface area contributed by atoms with Crippen molar-refractivity contribution < 1.29 is 0 Å². The van der Waals surface area contributed by atoms with Crippen molar-refractivity contribution in [2.45, 2.75) is 60.9 Å². The van der Waals surface area contributed by atoms with E-state index in [0.717, 1.165) is 6.54 Å². The largest absolute Gasteiger partial charge is 0.360 e. The Bertz CT molecular complexity index is 218. The lowest BCUT2D eigenvalue weighted by atomic mass is 9.87. The Hall–Kier alpha value is -0.530. The highest BCUT2D eigenvalue weighted by atomic mass is 15.2. The molecule has 96 valence electrons. The fraction of sp³-hybridized carbons (Fsp3) is 0.929. The van der Waals surface area contributed by atoms with Gasteiger partial charge >= 0.3 is 0 Å². The third-order valence-corrected chi connectivity index (χ3v) is 2.39.